The molecule has 0 unspecified atom stereocenters. The molecule has 0 aliphatic heterocycles. The van der Waals surface area contributed by atoms with Crippen molar-refractivity contribution in [3.8, 4) is 0 Å². The van der Waals surface area contributed by atoms with E-state index >= 15 is 0 Å². The molecule has 0 atom stereocenters. The highest BCUT2D eigenvalue weighted by molar-refractivity contribution is 7.89. The topological polar surface area (TPSA) is 57.6 Å². The second kappa shape index (κ2) is 6.27. The average Bonchev–Trinajstić information content (AvgIpc) is 2.35. The van der Waals surface area contributed by atoms with Crippen LogP contribution in [-0.4, -0.2) is 30.4 Å². The SMILES string of the molecule is C=CCN(C(C)C)S(=O)(=O)c1cc(F)ccc1CO. The number of hydrogen-bond acceptors (Lipinski definition) is 3. The Kier molecular flexibility index (Phi) is 5.22. The van der Waals surface area contributed by atoms with Gasteiger partial charge in [-0.2, -0.15) is 4.31 Å². The summed E-state index contributed by atoms with van der Waals surface area (Å²) in [6, 6.07) is 3.03. The fourth-order valence-electron chi connectivity index (χ4n) is 1.74. The summed E-state index contributed by atoms with van der Waals surface area (Å²) >= 11 is 0. The van der Waals surface area contributed by atoms with Gasteiger partial charge in [-0.05, 0) is 31.5 Å². The molecule has 0 aliphatic rings. The van der Waals surface area contributed by atoms with Crippen molar-refractivity contribution in [1.29, 1.82) is 0 Å². The highest BCUT2D eigenvalue weighted by atomic mass is 32.2. The minimum atomic E-state index is -3.87. The van der Waals surface area contributed by atoms with Gasteiger partial charge in [0.2, 0.25) is 10.0 Å². The highest BCUT2D eigenvalue weighted by Gasteiger charge is 2.28. The van der Waals surface area contributed by atoms with Crippen LogP contribution in [0.25, 0.3) is 0 Å². The molecule has 0 saturated heterocycles. The Bertz CT molecular complexity index is 555. The van der Waals surface area contributed by atoms with E-state index in [-0.39, 0.29) is 23.0 Å². The molecule has 0 aromatic heterocycles. The lowest BCUT2D eigenvalue weighted by molar-refractivity contribution is 0.277. The van der Waals surface area contributed by atoms with Crippen LogP contribution in [0.15, 0.2) is 35.7 Å². The van der Waals surface area contributed by atoms with Gasteiger partial charge in [0.1, 0.15) is 5.82 Å². The van der Waals surface area contributed by atoms with Crippen LogP contribution >= 0.6 is 0 Å². The largest absolute Gasteiger partial charge is 0.392 e. The van der Waals surface area contributed by atoms with Crippen LogP contribution in [0.3, 0.4) is 0 Å². The van der Waals surface area contributed by atoms with Crippen LogP contribution in [-0.2, 0) is 16.6 Å². The second-order valence-electron chi connectivity index (χ2n) is 4.37. The van der Waals surface area contributed by atoms with Crippen LogP contribution in [0, 0.1) is 5.82 Å². The Balaban J connectivity index is 3.40. The summed E-state index contributed by atoms with van der Waals surface area (Å²) in [4.78, 5) is -0.203. The third kappa shape index (κ3) is 3.40. The third-order valence-electron chi connectivity index (χ3n) is 2.67. The number of halogens is 1. The van der Waals surface area contributed by atoms with E-state index in [0.717, 1.165) is 12.1 Å². The number of sulfonamides is 1. The zero-order valence-electron chi connectivity index (χ0n) is 11.0. The van der Waals surface area contributed by atoms with Gasteiger partial charge in [0, 0.05) is 12.6 Å². The van der Waals surface area contributed by atoms with Gasteiger partial charge in [-0.1, -0.05) is 12.1 Å². The first-order valence-electron chi connectivity index (χ1n) is 5.86. The molecule has 0 aliphatic carbocycles. The molecule has 19 heavy (non-hydrogen) atoms. The molecule has 0 saturated carbocycles. The second-order valence-corrected chi connectivity index (χ2v) is 6.23. The summed E-state index contributed by atoms with van der Waals surface area (Å²) in [6.07, 6.45) is 1.47. The van der Waals surface area contributed by atoms with E-state index in [0.29, 0.717) is 0 Å². The van der Waals surface area contributed by atoms with Crippen LogP contribution in [0.1, 0.15) is 19.4 Å². The summed E-state index contributed by atoms with van der Waals surface area (Å²) in [5.74, 6) is -0.655. The fourth-order valence-corrected chi connectivity index (χ4v) is 3.57. The monoisotopic (exact) mass is 287 g/mol. The van der Waals surface area contributed by atoms with E-state index in [1.54, 1.807) is 13.8 Å². The summed E-state index contributed by atoms with van der Waals surface area (Å²) < 4.78 is 39.5. The fraction of sp³-hybridized carbons (Fsp3) is 0.385. The summed E-state index contributed by atoms with van der Waals surface area (Å²) in [6.45, 7) is 6.63. The van der Waals surface area contributed by atoms with Gasteiger partial charge in [-0.3, -0.25) is 0 Å². The van der Waals surface area contributed by atoms with Crippen molar-refractivity contribution in [2.75, 3.05) is 6.54 Å². The Morgan fingerprint density at radius 2 is 2.11 bits per heavy atom. The minimum absolute atomic E-state index is 0.126. The molecule has 0 bridgehead atoms. The normalized spacial score (nSPS) is 12.1. The number of aliphatic hydroxyl groups excluding tert-OH is 1. The number of aliphatic hydroxyl groups is 1. The molecule has 1 aromatic rings. The molecule has 0 spiro atoms. The number of nitrogens with zero attached hydrogens (tertiary/aromatic N) is 1. The quantitative estimate of drug-likeness (QED) is 0.813. The van der Waals surface area contributed by atoms with E-state index in [4.69, 9.17) is 0 Å². The van der Waals surface area contributed by atoms with Crippen LogP contribution < -0.4 is 0 Å². The van der Waals surface area contributed by atoms with Gasteiger partial charge >= 0.3 is 0 Å². The molecule has 106 valence electrons. The van der Waals surface area contributed by atoms with E-state index in [1.165, 1.54) is 16.4 Å². The van der Waals surface area contributed by atoms with Crippen molar-refractivity contribution < 1.29 is 17.9 Å². The van der Waals surface area contributed by atoms with Gasteiger partial charge in [0.05, 0.1) is 11.5 Å². The number of hydrogen-bond donors (Lipinski definition) is 1. The predicted octanol–water partition coefficient (Wildman–Crippen LogP) is 1.90. The number of rotatable bonds is 6. The average molecular weight is 287 g/mol. The van der Waals surface area contributed by atoms with Gasteiger partial charge < -0.3 is 5.11 Å². The molecule has 6 heteroatoms. The van der Waals surface area contributed by atoms with E-state index in [1.807, 2.05) is 0 Å². The lowest BCUT2D eigenvalue weighted by Gasteiger charge is -2.25. The van der Waals surface area contributed by atoms with Gasteiger partial charge in [0.15, 0.2) is 0 Å². The summed E-state index contributed by atoms with van der Waals surface area (Å²) in [7, 11) is -3.87. The van der Waals surface area contributed by atoms with E-state index in [9.17, 15) is 17.9 Å². The minimum Gasteiger partial charge on any atom is -0.392 e. The van der Waals surface area contributed by atoms with Gasteiger partial charge in [-0.15, -0.1) is 6.58 Å². The van der Waals surface area contributed by atoms with Gasteiger partial charge in [0.25, 0.3) is 0 Å². The molecule has 0 fully saturated rings. The van der Waals surface area contributed by atoms with Crippen LogP contribution in [0.2, 0.25) is 0 Å². The maximum atomic E-state index is 13.3. The Morgan fingerprint density at radius 3 is 2.58 bits per heavy atom. The lowest BCUT2D eigenvalue weighted by atomic mass is 10.2. The Labute approximate surface area is 113 Å². The van der Waals surface area contributed by atoms with Crippen LogP contribution in [0.5, 0.6) is 0 Å². The molecule has 1 rings (SSSR count). The lowest BCUT2D eigenvalue weighted by Crippen LogP contribution is -2.37. The predicted molar refractivity (Wildman–Crippen MR) is 71.5 cm³/mol. The molecule has 0 amide bonds. The highest BCUT2D eigenvalue weighted by Crippen LogP contribution is 2.23. The van der Waals surface area contributed by atoms with Crippen molar-refractivity contribution in [2.45, 2.75) is 31.4 Å². The van der Waals surface area contributed by atoms with Crippen molar-refractivity contribution >= 4 is 10.0 Å². The van der Waals surface area contributed by atoms with Crippen molar-refractivity contribution in [1.82, 2.24) is 4.31 Å². The first-order chi connectivity index (χ1) is 8.84. The maximum Gasteiger partial charge on any atom is 0.244 e. The molecular weight excluding hydrogens is 269 g/mol. The first kappa shape index (κ1) is 15.8. The molecule has 0 radical (unpaired) electrons. The zero-order valence-corrected chi connectivity index (χ0v) is 11.8. The van der Waals surface area contributed by atoms with Crippen molar-refractivity contribution in [3.05, 3.63) is 42.2 Å². The van der Waals surface area contributed by atoms with Crippen molar-refractivity contribution in [3.63, 3.8) is 0 Å². The zero-order chi connectivity index (χ0) is 14.6. The van der Waals surface area contributed by atoms with Gasteiger partial charge in [-0.25, -0.2) is 12.8 Å². The molecule has 1 aromatic carbocycles. The standard InChI is InChI=1S/C13H18FNO3S/c1-4-7-15(10(2)3)19(17,18)13-8-12(14)6-5-11(13)9-16/h4-6,8,10,16H,1,7,9H2,2-3H3. The first-order valence-corrected chi connectivity index (χ1v) is 7.30. The van der Waals surface area contributed by atoms with E-state index in [2.05, 4.69) is 6.58 Å². The molecule has 4 nitrogen and oxygen atoms in total. The van der Waals surface area contributed by atoms with Crippen LogP contribution in [0.4, 0.5) is 4.39 Å². The van der Waals surface area contributed by atoms with Crippen molar-refractivity contribution in [2.24, 2.45) is 0 Å². The maximum absolute atomic E-state index is 13.3. The van der Waals surface area contributed by atoms with E-state index < -0.39 is 22.4 Å². The molecule has 1 N–H and O–H groups in total. The Hall–Kier alpha value is -1.24. The summed E-state index contributed by atoms with van der Waals surface area (Å²) in [5.41, 5.74) is 0.177. The molecule has 0 heterocycles. The molecular formula is C13H18FNO3S. The third-order valence-corrected chi connectivity index (χ3v) is 4.80. The number of benzene rings is 1. The summed E-state index contributed by atoms with van der Waals surface area (Å²) in [5, 5.41) is 9.20. The smallest absolute Gasteiger partial charge is 0.244 e. The Morgan fingerprint density at radius 1 is 1.47 bits per heavy atom.